The van der Waals surface area contributed by atoms with Gasteiger partial charge in [0.1, 0.15) is 23.8 Å². The van der Waals surface area contributed by atoms with Gasteiger partial charge in [0.2, 0.25) is 0 Å². The molecule has 5 rings (SSSR count). The van der Waals surface area contributed by atoms with Crippen LogP contribution in [0, 0.1) is 23.2 Å². The zero-order chi connectivity index (χ0) is 27.5. The van der Waals surface area contributed by atoms with E-state index < -0.39 is 5.97 Å². The van der Waals surface area contributed by atoms with Crippen molar-refractivity contribution in [3.8, 4) is 34.9 Å². The average molecular weight is 578 g/mol. The Balaban J connectivity index is 1.38. The van der Waals surface area contributed by atoms with E-state index in [0.29, 0.717) is 54.7 Å². The summed E-state index contributed by atoms with van der Waals surface area (Å²) in [6.45, 7) is 0.185. The van der Waals surface area contributed by atoms with E-state index in [4.69, 9.17) is 48.8 Å². The predicted octanol–water partition coefficient (Wildman–Crippen LogP) is 7.82. The van der Waals surface area contributed by atoms with Crippen LogP contribution in [-0.2, 0) is 11.3 Å². The number of hydrogen-bond donors (Lipinski definition) is 0. The van der Waals surface area contributed by atoms with Crippen molar-refractivity contribution in [1.82, 2.24) is 5.16 Å². The molecule has 0 aliphatic heterocycles. The van der Waals surface area contributed by atoms with Crippen LogP contribution < -0.4 is 4.74 Å². The molecule has 4 aromatic rings. The first-order valence-corrected chi connectivity index (χ1v) is 13.0. The van der Waals surface area contributed by atoms with E-state index in [0.717, 1.165) is 24.2 Å². The molecular formula is C30H19Cl3N2O4. The van der Waals surface area contributed by atoms with Crippen LogP contribution in [0.1, 0.15) is 57.1 Å². The molecule has 0 N–H and O–H groups in total. The maximum absolute atomic E-state index is 11.9. The number of esters is 1. The fourth-order valence-corrected chi connectivity index (χ4v) is 4.82. The van der Waals surface area contributed by atoms with E-state index in [2.05, 4.69) is 17.0 Å². The van der Waals surface area contributed by atoms with Crippen LogP contribution in [0.25, 0.3) is 11.3 Å². The third-order valence-corrected chi connectivity index (χ3v) is 7.06. The lowest BCUT2D eigenvalue weighted by atomic mass is 10.0. The Morgan fingerprint density at radius 1 is 1.03 bits per heavy atom. The largest absolute Gasteiger partial charge is 0.489 e. The highest BCUT2D eigenvalue weighted by atomic mass is 35.5. The maximum atomic E-state index is 11.9. The van der Waals surface area contributed by atoms with Gasteiger partial charge in [0.05, 0.1) is 44.9 Å². The Morgan fingerprint density at radius 2 is 1.77 bits per heavy atom. The third-order valence-electron chi connectivity index (χ3n) is 6.11. The van der Waals surface area contributed by atoms with Gasteiger partial charge in [-0.3, -0.25) is 0 Å². The lowest BCUT2D eigenvalue weighted by Crippen LogP contribution is -2.02. The van der Waals surface area contributed by atoms with E-state index in [1.54, 1.807) is 48.5 Å². The first-order chi connectivity index (χ1) is 18.9. The molecule has 6 nitrogen and oxygen atoms in total. The second kappa shape index (κ2) is 11.4. The Bertz CT molecular complexity index is 1670. The van der Waals surface area contributed by atoms with E-state index in [9.17, 15) is 10.1 Å². The molecule has 0 amide bonds. The summed E-state index contributed by atoms with van der Waals surface area (Å²) >= 11 is 19.4. The molecule has 1 saturated carbocycles. The summed E-state index contributed by atoms with van der Waals surface area (Å²) < 4.78 is 16.5. The highest BCUT2D eigenvalue weighted by molar-refractivity contribution is 6.39. The number of benzene rings is 3. The molecule has 0 saturated heterocycles. The number of methoxy groups -OCH3 is 1. The van der Waals surface area contributed by atoms with Crippen LogP contribution in [0.3, 0.4) is 0 Å². The smallest absolute Gasteiger partial charge is 0.337 e. The lowest BCUT2D eigenvalue weighted by molar-refractivity contribution is 0.0600. The van der Waals surface area contributed by atoms with Gasteiger partial charge in [-0.15, -0.1) is 0 Å². The van der Waals surface area contributed by atoms with Crippen LogP contribution in [0.2, 0.25) is 15.1 Å². The number of nitriles is 1. The van der Waals surface area contributed by atoms with Crippen molar-refractivity contribution in [2.24, 2.45) is 0 Å². The second-order valence-corrected chi connectivity index (χ2v) is 10.0. The topological polar surface area (TPSA) is 85.4 Å². The fraction of sp³-hybridized carbons (Fsp3) is 0.167. The number of halogens is 3. The highest BCUT2D eigenvalue weighted by Crippen LogP contribution is 2.46. The molecule has 0 bridgehead atoms. The third kappa shape index (κ3) is 5.90. The molecule has 9 heteroatoms. The maximum Gasteiger partial charge on any atom is 0.337 e. The van der Waals surface area contributed by atoms with Crippen LogP contribution in [0.4, 0.5) is 0 Å². The Kier molecular flexibility index (Phi) is 7.82. The average Bonchev–Trinajstić information content (AvgIpc) is 3.70. The Hall–Kier alpha value is -3.94. The van der Waals surface area contributed by atoms with Crippen molar-refractivity contribution < 1.29 is 18.8 Å². The summed E-state index contributed by atoms with van der Waals surface area (Å²) in [6, 6.07) is 17.1. The molecule has 3 aromatic carbocycles. The van der Waals surface area contributed by atoms with Crippen LogP contribution in [-0.4, -0.2) is 18.2 Å². The van der Waals surface area contributed by atoms with Crippen LogP contribution in [0.5, 0.6) is 5.75 Å². The van der Waals surface area contributed by atoms with Gasteiger partial charge in [0.25, 0.3) is 0 Å². The fourth-order valence-electron chi connectivity index (χ4n) is 4.03. The first-order valence-electron chi connectivity index (χ1n) is 11.9. The van der Waals surface area contributed by atoms with E-state index in [1.807, 2.05) is 6.07 Å². The van der Waals surface area contributed by atoms with Crippen molar-refractivity contribution in [3.63, 3.8) is 0 Å². The highest BCUT2D eigenvalue weighted by Gasteiger charge is 2.33. The zero-order valence-electron chi connectivity index (χ0n) is 20.6. The Labute approximate surface area is 240 Å². The van der Waals surface area contributed by atoms with Gasteiger partial charge >= 0.3 is 5.97 Å². The quantitative estimate of drug-likeness (QED) is 0.172. The van der Waals surface area contributed by atoms with E-state index >= 15 is 0 Å². The first kappa shape index (κ1) is 26.7. The van der Waals surface area contributed by atoms with Crippen molar-refractivity contribution in [2.45, 2.75) is 25.4 Å². The molecule has 1 aliphatic carbocycles. The molecule has 1 aromatic heterocycles. The summed E-state index contributed by atoms with van der Waals surface area (Å²) in [5.74, 6) is 7.00. The number of carbonyl (C=O) groups excluding carboxylic acids is 1. The molecule has 0 spiro atoms. The summed E-state index contributed by atoms with van der Waals surface area (Å²) in [6.07, 6.45) is 2.05. The number of aromatic nitrogens is 1. The molecule has 1 heterocycles. The number of ether oxygens (including phenoxy) is 2. The molecule has 0 unspecified atom stereocenters. The molecule has 0 radical (unpaired) electrons. The summed E-state index contributed by atoms with van der Waals surface area (Å²) in [4.78, 5) is 11.9. The zero-order valence-corrected chi connectivity index (χ0v) is 22.8. The monoisotopic (exact) mass is 576 g/mol. The standard InChI is InChI=1S/C30H19Cl3N2O4/c1-37-30(36)21-12-17(11-18(13-21)15-34)5-6-19-9-10-22(14-26(19)33)38-16-23-28(35-39-29(23)20-7-8-20)27-24(31)3-2-4-25(27)32/h2-4,9-14,20H,7-8,16H2,1H3. The molecule has 0 atom stereocenters. The lowest BCUT2D eigenvalue weighted by Gasteiger charge is -2.10. The predicted molar refractivity (Wildman–Crippen MR) is 148 cm³/mol. The second-order valence-electron chi connectivity index (χ2n) is 8.83. The van der Waals surface area contributed by atoms with Gasteiger partial charge in [0.15, 0.2) is 0 Å². The van der Waals surface area contributed by atoms with Crippen molar-refractivity contribution in [1.29, 1.82) is 5.26 Å². The summed E-state index contributed by atoms with van der Waals surface area (Å²) in [5, 5.41) is 14.9. The van der Waals surface area contributed by atoms with E-state index in [-0.39, 0.29) is 12.2 Å². The van der Waals surface area contributed by atoms with E-state index in [1.165, 1.54) is 13.2 Å². The minimum atomic E-state index is -0.549. The molecule has 1 fully saturated rings. The normalized spacial score (nSPS) is 12.3. The molecular weight excluding hydrogens is 559 g/mol. The minimum Gasteiger partial charge on any atom is -0.489 e. The van der Waals surface area contributed by atoms with Gasteiger partial charge in [-0.05, 0) is 55.3 Å². The molecule has 1 aliphatic rings. The van der Waals surface area contributed by atoms with Gasteiger partial charge < -0.3 is 14.0 Å². The van der Waals surface area contributed by atoms with Gasteiger partial charge in [-0.1, -0.05) is 57.9 Å². The minimum absolute atomic E-state index is 0.185. The van der Waals surface area contributed by atoms with Crippen LogP contribution >= 0.6 is 34.8 Å². The van der Waals surface area contributed by atoms with Gasteiger partial charge in [0, 0.05) is 28.7 Å². The number of carbonyl (C=O) groups is 1. The number of nitrogens with zero attached hydrogens (tertiary/aromatic N) is 2. The summed E-state index contributed by atoms with van der Waals surface area (Å²) in [7, 11) is 1.28. The van der Waals surface area contributed by atoms with Gasteiger partial charge in [-0.25, -0.2) is 4.79 Å². The van der Waals surface area contributed by atoms with Crippen LogP contribution in [0.15, 0.2) is 59.1 Å². The number of rotatable bonds is 6. The Morgan fingerprint density at radius 3 is 2.44 bits per heavy atom. The van der Waals surface area contributed by atoms with Crippen molar-refractivity contribution in [3.05, 3.63) is 103 Å². The SMILES string of the molecule is COC(=O)c1cc(C#N)cc(C#Cc2ccc(OCc3c(-c4c(Cl)cccc4Cl)noc3C3CC3)cc2Cl)c1. The number of hydrogen-bond acceptors (Lipinski definition) is 6. The summed E-state index contributed by atoms with van der Waals surface area (Å²) in [5.41, 5.74) is 3.55. The van der Waals surface area contributed by atoms with Crippen molar-refractivity contribution in [2.75, 3.05) is 7.11 Å². The van der Waals surface area contributed by atoms with Gasteiger partial charge in [-0.2, -0.15) is 5.26 Å². The van der Waals surface area contributed by atoms with Crippen molar-refractivity contribution >= 4 is 40.8 Å². The molecule has 194 valence electrons. The molecule has 39 heavy (non-hydrogen) atoms.